The highest BCUT2D eigenvalue weighted by atomic mass is 32.1. The Balaban J connectivity index is 1.12. The zero-order valence-electron chi connectivity index (χ0n) is 33.9. The number of hydrogen-bond acceptors (Lipinski definition) is 2. The first-order valence-electron chi connectivity index (χ1n) is 21.2. The highest BCUT2D eigenvalue weighted by Gasteiger charge is 2.21. The van der Waals surface area contributed by atoms with E-state index < -0.39 is 0 Å². The molecule has 0 unspecified atom stereocenters. The fourth-order valence-corrected chi connectivity index (χ4v) is 10.8. The molecule has 0 aliphatic rings. The number of benzene rings is 11. The number of thiophene rings is 1. The Morgan fingerprint density at radius 1 is 0.274 bits per heavy atom. The zero-order chi connectivity index (χ0) is 41.0. The fourth-order valence-electron chi connectivity index (χ4n) is 9.56. The second kappa shape index (κ2) is 15.0. The van der Waals surface area contributed by atoms with Crippen LogP contribution in [0.2, 0.25) is 0 Å². The van der Waals surface area contributed by atoms with Gasteiger partial charge in [0.1, 0.15) is 0 Å². The minimum Gasteiger partial charge on any atom is -0.310 e. The van der Waals surface area contributed by atoms with Crippen LogP contribution in [0.25, 0.3) is 97.0 Å². The number of nitrogens with zero attached hydrogens (tertiary/aromatic N) is 1. The van der Waals surface area contributed by atoms with Gasteiger partial charge in [0.05, 0.1) is 0 Å². The van der Waals surface area contributed by atoms with Crippen molar-refractivity contribution >= 4 is 80.9 Å². The summed E-state index contributed by atoms with van der Waals surface area (Å²) in [6.45, 7) is 0. The van der Waals surface area contributed by atoms with Crippen molar-refractivity contribution in [3.63, 3.8) is 0 Å². The molecule has 12 aromatic rings. The molecule has 0 saturated heterocycles. The quantitative estimate of drug-likeness (QED) is 0.145. The summed E-state index contributed by atoms with van der Waals surface area (Å²) in [6.07, 6.45) is 0. The monoisotopic (exact) mass is 805 g/mol. The first-order chi connectivity index (χ1) is 30.7. The van der Waals surface area contributed by atoms with Crippen molar-refractivity contribution in [3.05, 3.63) is 237 Å². The molecule has 0 spiro atoms. The maximum Gasteiger partial charge on any atom is 0.0468 e. The van der Waals surface area contributed by atoms with Gasteiger partial charge in [-0.2, -0.15) is 0 Å². The van der Waals surface area contributed by atoms with Crippen LogP contribution in [0.3, 0.4) is 0 Å². The van der Waals surface area contributed by atoms with Gasteiger partial charge < -0.3 is 4.90 Å². The summed E-state index contributed by atoms with van der Waals surface area (Å²) in [4.78, 5) is 2.45. The first kappa shape index (κ1) is 36.1. The molecule has 62 heavy (non-hydrogen) atoms. The lowest BCUT2D eigenvalue weighted by atomic mass is 9.85. The van der Waals surface area contributed by atoms with E-state index in [1.54, 1.807) is 0 Å². The number of anilines is 3. The first-order valence-corrected chi connectivity index (χ1v) is 22.1. The van der Waals surface area contributed by atoms with Crippen LogP contribution in [0, 0.1) is 0 Å². The molecule has 0 aliphatic heterocycles. The number of hydrogen-bond donors (Lipinski definition) is 0. The molecule has 0 amide bonds. The Kier molecular flexibility index (Phi) is 8.76. The Bertz CT molecular complexity index is 3640. The van der Waals surface area contributed by atoms with E-state index in [9.17, 15) is 0 Å². The average molecular weight is 806 g/mol. The summed E-state index contributed by atoms with van der Waals surface area (Å²) in [5.74, 6) is 0. The summed E-state index contributed by atoms with van der Waals surface area (Å²) < 4.78 is 2.63. The third-order valence-electron chi connectivity index (χ3n) is 12.4. The van der Waals surface area contributed by atoms with E-state index in [1.165, 1.54) is 97.0 Å². The summed E-state index contributed by atoms with van der Waals surface area (Å²) in [6, 6.07) is 86.9. The van der Waals surface area contributed by atoms with E-state index in [4.69, 9.17) is 0 Å². The average Bonchev–Trinajstić information content (AvgIpc) is 3.73. The fraction of sp³-hybridized carbons (Fsp3) is 0. The molecule has 0 atom stereocenters. The highest BCUT2D eigenvalue weighted by molar-refractivity contribution is 7.26. The summed E-state index contributed by atoms with van der Waals surface area (Å²) in [5.41, 5.74) is 13.0. The van der Waals surface area contributed by atoms with Crippen LogP contribution in [-0.4, -0.2) is 0 Å². The van der Waals surface area contributed by atoms with Gasteiger partial charge in [-0.3, -0.25) is 0 Å². The van der Waals surface area contributed by atoms with Crippen molar-refractivity contribution in [2.24, 2.45) is 0 Å². The van der Waals surface area contributed by atoms with E-state index in [2.05, 4.69) is 241 Å². The van der Waals surface area contributed by atoms with Crippen molar-refractivity contribution in [2.75, 3.05) is 4.90 Å². The van der Waals surface area contributed by atoms with Gasteiger partial charge in [0.15, 0.2) is 0 Å². The molecule has 2 heteroatoms. The lowest BCUT2D eigenvalue weighted by Gasteiger charge is -2.28. The van der Waals surface area contributed by atoms with Gasteiger partial charge in [0.2, 0.25) is 0 Å². The largest absolute Gasteiger partial charge is 0.310 e. The third-order valence-corrected chi connectivity index (χ3v) is 13.6. The molecule has 0 bridgehead atoms. The van der Waals surface area contributed by atoms with Gasteiger partial charge in [-0.25, -0.2) is 0 Å². The molecular formula is C60H39NS. The predicted octanol–water partition coefficient (Wildman–Crippen LogP) is 17.7. The SMILES string of the molecule is c1ccc(-c2c(-c3ccccc3)c3cc(N(c4cccc(-c5ccc6ccccc6c5)c4)c4cccc(-c5cccc6c5sc5ccccc56)c4)ccc3c3ccccc23)cc1. The Hall–Kier alpha value is -7.78. The van der Waals surface area contributed by atoms with Crippen LogP contribution in [-0.2, 0) is 0 Å². The Labute approximate surface area is 365 Å². The van der Waals surface area contributed by atoms with Crippen molar-refractivity contribution in [2.45, 2.75) is 0 Å². The lowest BCUT2D eigenvalue weighted by Crippen LogP contribution is -2.10. The molecule has 1 nitrogen and oxygen atoms in total. The summed E-state index contributed by atoms with van der Waals surface area (Å²) in [7, 11) is 0. The van der Waals surface area contributed by atoms with Crippen molar-refractivity contribution in [1.29, 1.82) is 0 Å². The van der Waals surface area contributed by atoms with Crippen molar-refractivity contribution in [3.8, 4) is 44.5 Å². The minimum absolute atomic E-state index is 1.09. The molecule has 11 aromatic carbocycles. The van der Waals surface area contributed by atoms with Crippen LogP contribution in [0.1, 0.15) is 0 Å². The van der Waals surface area contributed by atoms with Gasteiger partial charge in [-0.15, -0.1) is 11.3 Å². The molecular weight excluding hydrogens is 767 g/mol. The normalized spacial score (nSPS) is 11.5. The maximum absolute atomic E-state index is 2.45. The zero-order valence-corrected chi connectivity index (χ0v) is 34.7. The molecule has 12 rings (SSSR count). The van der Waals surface area contributed by atoms with Crippen LogP contribution in [0.4, 0.5) is 17.1 Å². The van der Waals surface area contributed by atoms with Gasteiger partial charge in [-0.1, -0.05) is 188 Å². The molecule has 1 aromatic heterocycles. The van der Waals surface area contributed by atoms with Gasteiger partial charge >= 0.3 is 0 Å². The minimum atomic E-state index is 1.09. The highest BCUT2D eigenvalue weighted by Crippen LogP contribution is 2.48. The van der Waals surface area contributed by atoms with Crippen LogP contribution in [0.5, 0.6) is 0 Å². The maximum atomic E-state index is 2.45. The lowest BCUT2D eigenvalue weighted by molar-refractivity contribution is 1.29. The van der Waals surface area contributed by atoms with Crippen LogP contribution < -0.4 is 4.90 Å². The van der Waals surface area contributed by atoms with E-state index in [1.807, 2.05) is 11.3 Å². The van der Waals surface area contributed by atoms with E-state index in [0.29, 0.717) is 0 Å². The van der Waals surface area contributed by atoms with Crippen LogP contribution >= 0.6 is 11.3 Å². The molecule has 0 N–H and O–H groups in total. The number of rotatable bonds is 7. The van der Waals surface area contributed by atoms with E-state index >= 15 is 0 Å². The second-order valence-electron chi connectivity index (χ2n) is 16.0. The third kappa shape index (κ3) is 6.15. The number of fused-ring (bicyclic) bond motifs is 7. The topological polar surface area (TPSA) is 3.24 Å². The van der Waals surface area contributed by atoms with E-state index in [-0.39, 0.29) is 0 Å². The Morgan fingerprint density at radius 2 is 0.806 bits per heavy atom. The van der Waals surface area contributed by atoms with Gasteiger partial charge in [0.25, 0.3) is 0 Å². The van der Waals surface area contributed by atoms with E-state index in [0.717, 1.165) is 17.1 Å². The molecule has 0 fully saturated rings. The van der Waals surface area contributed by atoms with Crippen molar-refractivity contribution < 1.29 is 0 Å². The standard InChI is InChI=1S/C60H39NS/c1-3-17-41(18-4-1)58-54-28-10-9-26-51(54)52-35-34-49(39-56(52)59(58)42-19-5-2-6-20-42)61(47-24-13-22-44(37-47)45-33-32-40-16-7-8-21-43(40)36-45)48-25-14-23-46(38-48)50-29-15-30-55-53-27-11-12-31-57(53)62-60(50)55/h1-39H. The van der Waals surface area contributed by atoms with Gasteiger partial charge in [0, 0.05) is 37.2 Å². The van der Waals surface area contributed by atoms with Crippen molar-refractivity contribution in [1.82, 2.24) is 0 Å². The van der Waals surface area contributed by atoms with Crippen LogP contribution in [0.15, 0.2) is 237 Å². The second-order valence-corrected chi connectivity index (χ2v) is 17.1. The summed E-state index contributed by atoms with van der Waals surface area (Å²) >= 11 is 1.88. The van der Waals surface area contributed by atoms with Gasteiger partial charge in [-0.05, 0) is 125 Å². The molecule has 0 radical (unpaired) electrons. The molecule has 1 heterocycles. The smallest absolute Gasteiger partial charge is 0.0468 e. The summed E-state index contributed by atoms with van der Waals surface area (Å²) in [5, 5.41) is 10.0. The molecule has 0 saturated carbocycles. The molecule has 0 aliphatic carbocycles. The Morgan fingerprint density at radius 3 is 1.58 bits per heavy atom. The molecule has 290 valence electrons. The predicted molar refractivity (Wildman–Crippen MR) is 268 cm³/mol.